The van der Waals surface area contributed by atoms with E-state index in [1.54, 1.807) is 23.2 Å². The largest absolute Gasteiger partial charge is 0.486 e. The second-order valence-electron chi connectivity index (χ2n) is 9.80. The quantitative estimate of drug-likeness (QED) is 0.242. The van der Waals surface area contributed by atoms with Gasteiger partial charge in [0.25, 0.3) is 0 Å². The third kappa shape index (κ3) is 5.56. The third-order valence-electron chi connectivity index (χ3n) is 6.99. The van der Waals surface area contributed by atoms with Crippen molar-refractivity contribution in [2.75, 3.05) is 32.5 Å². The standard InChI is InChI=1S/C28H27ClN6O2S2/c1-34(2)20-7-8-35(12-20)25(36)10-17-3-5-21-24(9-17)39-28-26(21)27(30-15-31-28)33-18-4-6-23(22(29)11-18)37-13-19-14-38-16-32-19/h3-6,9,11,14-16,20H,7-8,10,12-13H2,1-2H3,(H,30,31,33)/t20-/m1/s1. The lowest BCUT2D eigenvalue weighted by atomic mass is 10.1. The van der Waals surface area contributed by atoms with Gasteiger partial charge in [-0.15, -0.1) is 22.7 Å². The van der Waals surface area contributed by atoms with Crippen molar-refractivity contribution < 1.29 is 9.53 Å². The van der Waals surface area contributed by atoms with Crippen molar-refractivity contribution in [2.45, 2.75) is 25.5 Å². The minimum absolute atomic E-state index is 0.179. The van der Waals surface area contributed by atoms with Gasteiger partial charge in [-0.25, -0.2) is 15.0 Å². The number of carbonyl (C=O) groups excluding carboxylic acids is 1. The molecular formula is C28H27ClN6O2S2. The van der Waals surface area contributed by atoms with Gasteiger partial charge >= 0.3 is 0 Å². The van der Waals surface area contributed by atoms with Gasteiger partial charge in [0.2, 0.25) is 5.91 Å². The fourth-order valence-corrected chi connectivity index (χ4v) is 6.71. The number of nitrogens with one attached hydrogen (secondary N) is 1. The first-order valence-corrected chi connectivity index (χ1v) is 14.7. The summed E-state index contributed by atoms with van der Waals surface area (Å²) in [7, 11) is 4.15. The lowest BCUT2D eigenvalue weighted by Crippen LogP contribution is -2.35. The molecule has 5 aromatic rings. The first-order chi connectivity index (χ1) is 18.9. The molecule has 3 aromatic heterocycles. The molecule has 0 unspecified atom stereocenters. The van der Waals surface area contributed by atoms with Crippen LogP contribution < -0.4 is 10.1 Å². The van der Waals surface area contributed by atoms with Crippen LogP contribution in [0.3, 0.4) is 0 Å². The Bertz CT molecular complexity index is 1640. The summed E-state index contributed by atoms with van der Waals surface area (Å²) in [5.41, 5.74) is 4.45. The number of amides is 1. The maximum atomic E-state index is 13.0. The van der Waals surface area contributed by atoms with E-state index in [4.69, 9.17) is 16.3 Å². The van der Waals surface area contributed by atoms with Crippen molar-refractivity contribution >= 4 is 72.0 Å². The van der Waals surface area contributed by atoms with Gasteiger partial charge < -0.3 is 19.9 Å². The average Bonchev–Trinajstić information content (AvgIpc) is 3.68. The molecule has 1 fully saturated rings. The highest BCUT2D eigenvalue weighted by Gasteiger charge is 2.27. The number of halogens is 1. The number of likely N-dealkylation sites (N-methyl/N-ethyl adjacent to an activating group) is 1. The SMILES string of the molecule is CN(C)[C@@H]1CCN(C(=O)Cc2ccc3c(c2)sc2ncnc(Nc4ccc(OCc5cscn5)c(Cl)c4)c23)C1. The number of likely N-dealkylation sites (tertiary alicyclic amines) is 1. The molecule has 1 atom stereocenters. The summed E-state index contributed by atoms with van der Waals surface area (Å²) in [6, 6.07) is 12.2. The summed E-state index contributed by atoms with van der Waals surface area (Å²) < 4.78 is 6.90. The van der Waals surface area contributed by atoms with Gasteiger partial charge in [-0.05, 0) is 50.3 Å². The number of ether oxygens (including phenoxy) is 1. The minimum atomic E-state index is 0.179. The molecule has 39 heavy (non-hydrogen) atoms. The molecular weight excluding hydrogens is 552 g/mol. The second-order valence-corrected chi connectivity index (χ2v) is 12.0. The first kappa shape index (κ1) is 25.9. The summed E-state index contributed by atoms with van der Waals surface area (Å²) in [6.45, 7) is 1.98. The number of hydrogen-bond donors (Lipinski definition) is 1. The molecule has 0 aliphatic carbocycles. The molecule has 0 saturated carbocycles. The molecule has 8 nitrogen and oxygen atoms in total. The van der Waals surface area contributed by atoms with E-state index in [2.05, 4.69) is 51.4 Å². The van der Waals surface area contributed by atoms with E-state index in [1.807, 2.05) is 34.5 Å². The van der Waals surface area contributed by atoms with Gasteiger partial charge in [-0.2, -0.15) is 0 Å². The van der Waals surface area contributed by atoms with Crippen LogP contribution in [0, 0.1) is 0 Å². The Morgan fingerprint density at radius 2 is 2.10 bits per heavy atom. The van der Waals surface area contributed by atoms with Gasteiger partial charge in [0.15, 0.2) is 0 Å². The number of thiazole rings is 1. The summed E-state index contributed by atoms with van der Waals surface area (Å²) in [4.78, 5) is 31.3. The first-order valence-electron chi connectivity index (χ1n) is 12.6. The van der Waals surface area contributed by atoms with Crippen LogP contribution >= 0.6 is 34.3 Å². The molecule has 0 radical (unpaired) electrons. The van der Waals surface area contributed by atoms with E-state index >= 15 is 0 Å². The number of carbonyl (C=O) groups is 1. The highest BCUT2D eigenvalue weighted by molar-refractivity contribution is 7.25. The molecule has 0 bridgehead atoms. The molecule has 11 heteroatoms. The van der Waals surface area contributed by atoms with E-state index in [0.29, 0.717) is 35.7 Å². The fourth-order valence-electron chi connectivity index (χ4n) is 4.83. The number of fused-ring (bicyclic) bond motifs is 3. The Kier molecular flexibility index (Phi) is 7.35. The summed E-state index contributed by atoms with van der Waals surface area (Å²) in [6.07, 6.45) is 2.98. The number of thiophene rings is 1. The topological polar surface area (TPSA) is 83.5 Å². The zero-order valence-corrected chi connectivity index (χ0v) is 23.9. The Labute approximate surface area is 239 Å². The lowest BCUT2D eigenvalue weighted by molar-refractivity contribution is -0.129. The van der Waals surface area contributed by atoms with Gasteiger partial charge in [0, 0.05) is 40.3 Å². The summed E-state index contributed by atoms with van der Waals surface area (Å²) >= 11 is 9.64. The van der Waals surface area contributed by atoms with E-state index in [1.165, 1.54) is 11.3 Å². The molecule has 6 rings (SSSR count). The van der Waals surface area contributed by atoms with Crippen LogP contribution in [0.15, 0.2) is 53.6 Å². The van der Waals surface area contributed by atoms with Crippen LogP contribution in [0.5, 0.6) is 5.75 Å². The van der Waals surface area contributed by atoms with Crippen LogP contribution in [-0.4, -0.2) is 63.9 Å². The van der Waals surface area contributed by atoms with Gasteiger partial charge in [0.05, 0.1) is 28.0 Å². The van der Waals surface area contributed by atoms with Gasteiger partial charge in [0.1, 0.15) is 29.3 Å². The van der Waals surface area contributed by atoms with Crippen molar-refractivity contribution in [3.8, 4) is 5.75 Å². The third-order valence-corrected chi connectivity index (χ3v) is 8.98. The molecule has 0 spiro atoms. The highest BCUT2D eigenvalue weighted by Crippen LogP contribution is 2.38. The van der Waals surface area contributed by atoms with Gasteiger partial charge in [-0.1, -0.05) is 23.7 Å². The van der Waals surface area contributed by atoms with E-state index in [9.17, 15) is 4.79 Å². The van der Waals surface area contributed by atoms with Crippen LogP contribution in [0.2, 0.25) is 5.02 Å². The molecule has 2 aromatic carbocycles. The lowest BCUT2D eigenvalue weighted by Gasteiger charge is -2.20. The Morgan fingerprint density at radius 1 is 1.21 bits per heavy atom. The Morgan fingerprint density at radius 3 is 2.87 bits per heavy atom. The maximum absolute atomic E-state index is 13.0. The average molecular weight is 579 g/mol. The van der Waals surface area contributed by atoms with Crippen LogP contribution in [0.1, 0.15) is 17.7 Å². The van der Waals surface area contributed by atoms with Crippen LogP contribution in [0.25, 0.3) is 20.3 Å². The van der Waals surface area contributed by atoms with E-state index < -0.39 is 0 Å². The number of nitrogens with zero attached hydrogens (tertiary/aromatic N) is 5. The van der Waals surface area contributed by atoms with Crippen molar-refractivity contribution in [2.24, 2.45) is 0 Å². The zero-order valence-electron chi connectivity index (χ0n) is 21.6. The van der Waals surface area contributed by atoms with Crippen molar-refractivity contribution in [1.82, 2.24) is 24.8 Å². The minimum Gasteiger partial charge on any atom is -0.486 e. The van der Waals surface area contributed by atoms with Gasteiger partial charge in [-0.3, -0.25) is 4.79 Å². The summed E-state index contributed by atoms with van der Waals surface area (Å²) in [5, 5.41) is 7.85. The molecule has 1 aliphatic rings. The number of benzene rings is 2. The Balaban J connectivity index is 1.20. The van der Waals surface area contributed by atoms with Crippen molar-refractivity contribution in [3.63, 3.8) is 0 Å². The normalized spacial score (nSPS) is 15.5. The monoisotopic (exact) mass is 578 g/mol. The molecule has 200 valence electrons. The fraction of sp³-hybridized carbons (Fsp3) is 0.286. The number of hydrogen-bond acceptors (Lipinski definition) is 9. The number of rotatable bonds is 8. The smallest absolute Gasteiger partial charge is 0.227 e. The number of aromatic nitrogens is 3. The van der Waals surface area contributed by atoms with Crippen LogP contribution in [0.4, 0.5) is 11.5 Å². The number of anilines is 2. The van der Waals surface area contributed by atoms with Crippen LogP contribution in [-0.2, 0) is 17.8 Å². The van der Waals surface area contributed by atoms with E-state index in [0.717, 1.165) is 56.8 Å². The predicted octanol–water partition coefficient (Wildman–Crippen LogP) is 5.98. The highest BCUT2D eigenvalue weighted by atomic mass is 35.5. The Hall–Kier alpha value is -3.31. The molecule has 1 aliphatic heterocycles. The molecule has 1 saturated heterocycles. The maximum Gasteiger partial charge on any atom is 0.227 e. The van der Waals surface area contributed by atoms with Crippen molar-refractivity contribution in [3.05, 3.63) is 69.9 Å². The molecule has 4 heterocycles. The second kappa shape index (κ2) is 11.1. The van der Waals surface area contributed by atoms with E-state index in [-0.39, 0.29) is 5.91 Å². The summed E-state index contributed by atoms with van der Waals surface area (Å²) in [5.74, 6) is 1.48. The molecule has 1 N–H and O–H groups in total. The predicted molar refractivity (Wildman–Crippen MR) is 158 cm³/mol. The zero-order chi connectivity index (χ0) is 26.9. The molecule has 1 amide bonds. The van der Waals surface area contributed by atoms with Crippen molar-refractivity contribution in [1.29, 1.82) is 0 Å².